The summed E-state index contributed by atoms with van der Waals surface area (Å²) in [5.74, 6) is -1.33. The largest absolute Gasteiger partial charge is 0.378 e. The van der Waals surface area contributed by atoms with Gasteiger partial charge in [-0.05, 0) is 36.4 Å². The van der Waals surface area contributed by atoms with Gasteiger partial charge in [0, 0.05) is 4.47 Å². The van der Waals surface area contributed by atoms with E-state index in [1.54, 1.807) is 6.07 Å². The lowest BCUT2D eigenvalue weighted by molar-refractivity contribution is 0.112. The molecule has 0 aliphatic rings. The maximum Gasteiger partial charge on any atom is 0.342 e. The first-order chi connectivity index (χ1) is 10.4. The number of hydrogen-bond acceptors (Lipinski definition) is 5. The zero-order valence-corrected chi connectivity index (χ0v) is 13.2. The molecule has 0 aliphatic carbocycles. The number of carbonyl (C=O) groups is 1. The van der Waals surface area contributed by atoms with E-state index in [1.165, 1.54) is 18.2 Å². The van der Waals surface area contributed by atoms with E-state index in [-0.39, 0.29) is 16.9 Å². The van der Waals surface area contributed by atoms with E-state index >= 15 is 0 Å². The van der Waals surface area contributed by atoms with Crippen molar-refractivity contribution in [2.75, 3.05) is 0 Å². The zero-order chi connectivity index (χ0) is 16.3. The maximum atomic E-state index is 13.8. The summed E-state index contributed by atoms with van der Waals surface area (Å²) in [5.41, 5.74) is -0.0272. The second-order valence-electron chi connectivity index (χ2n) is 4.09. The van der Waals surface area contributed by atoms with Crippen LogP contribution in [0.3, 0.4) is 0 Å². The number of aldehydes is 1. The number of rotatable bonds is 4. The summed E-state index contributed by atoms with van der Waals surface area (Å²) in [6.07, 6.45) is 0.421. The second-order valence-corrected chi connectivity index (χ2v) is 6.52. The van der Waals surface area contributed by atoms with Gasteiger partial charge in [-0.1, -0.05) is 15.9 Å². The van der Waals surface area contributed by atoms with Crippen molar-refractivity contribution in [2.24, 2.45) is 0 Å². The Kier molecular flexibility index (Phi) is 4.59. The Morgan fingerprint density at radius 3 is 2.55 bits per heavy atom. The Hall–Kier alpha value is -2.24. The fraction of sp³-hybridized carbons (Fsp3) is 0. The first-order valence-corrected chi connectivity index (χ1v) is 7.96. The molecule has 0 unspecified atom stereocenters. The lowest BCUT2D eigenvalue weighted by Gasteiger charge is -2.09. The van der Waals surface area contributed by atoms with Gasteiger partial charge in [0.25, 0.3) is 0 Å². The summed E-state index contributed by atoms with van der Waals surface area (Å²) in [6, 6.07) is 8.69. The van der Waals surface area contributed by atoms with Crippen molar-refractivity contribution in [3.63, 3.8) is 0 Å². The summed E-state index contributed by atoms with van der Waals surface area (Å²) in [7, 11) is -4.47. The quantitative estimate of drug-likeness (QED) is 0.598. The number of halogens is 2. The Bertz CT molecular complexity index is 890. The standard InChI is InChI=1S/C14H7BrFNO4S/c15-11-2-3-13(10(6-11)8-18)21-22(19,20)14-4-1-9(7-17)5-12(14)16/h1-6,8H. The molecule has 2 aromatic carbocycles. The van der Waals surface area contributed by atoms with Crippen LogP contribution in [-0.2, 0) is 10.1 Å². The van der Waals surface area contributed by atoms with E-state index in [0.29, 0.717) is 10.8 Å². The monoisotopic (exact) mass is 383 g/mol. The molecule has 5 nitrogen and oxygen atoms in total. The lowest BCUT2D eigenvalue weighted by Crippen LogP contribution is -2.13. The van der Waals surface area contributed by atoms with Crippen molar-refractivity contribution in [3.05, 3.63) is 57.8 Å². The van der Waals surface area contributed by atoms with E-state index in [0.717, 1.165) is 18.2 Å². The van der Waals surface area contributed by atoms with Crippen LogP contribution < -0.4 is 4.18 Å². The van der Waals surface area contributed by atoms with Gasteiger partial charge in [0.15, 0.2) is 12.0 Å². The number of hydrogen-bond donors (Lipinski definition) is 0. The summed E-state index contributed by atoms with van der Waals surface area (Å²) in [6.45, 7) is 0. The number of nitrogens with zero attached hydrogens (tertiary/aromatic N) is 1. The van der Waals surface area contributed by atoms with E-state index in [4.69, 9.17) is 9.44 Å². The third-order valence-corrected chi connectivity index (χ3v) is 4.39. The SMILES string of the molecule is N#Cc1ccc(S(=O)(=O)Oc2ccc(Br)cc2C=O)c(F)c1. The molecule has 0 saturated heterocycles. The zero-order valence-electron chi connectivity index (χ0n) is 10.8. The molecule has 0 bridgehead atoms. The molecule has 0 radical (unpaired) electrons. The van der Waals surface area contributed by atoms with Crippen molar-refractivity contribution in [1.82, 2.24) is 0 Å². The van der Waals surface area contributed by atoms with Gasteiger partial charge in [0.2, 0.25) is 0 Å². The van der Waals surface area contributed by atoms with Crippen molar-refractivity contribution in [1.29, 1.82) is 5.26 Å². The lowest BCUT2D eigenvalue weighted by atomic mass is 10.2. The van der Waals surface area contributed by atoms with Crippen molar-refractivity contribution >= 4 is 32.3 Å². The molecule has 8 heteroatoms. The van der Waals surface area contributed by atoms with Crippen LogP contribution in [0, 0.1) is 17.1 Å². The number of carbonyl (C=O) groups excluding carboxylic acids is 1. The highest BCUT2D eigenvalue weighted by molar-refractivity contribution is 9.10. The van der Waals surface area contributed by atoms with Crippen LogP contribution in [0.4, 0.5) is 4.39 Å². The van der Waals surface area contributed by atoms with Gasteiger partial charge in [0.05, 0.1) is 17.2 Å². The average Bonchev–Trinajstić information content (AvgIpc) is 2.48. The molecule has 2 rings (SSSR count). The summed E-state index contributed by atoms with van der Waals surface area (Å²) >= 11 is 3.13. The second kappa shape index (κ2) is 6.25. The Labute approximate surface area is 134 Å². The van der Waals surface area contributed by atoms with Gasteiger partial charge in [-0.2, -0.15) is 13.7 Å². The van der Waals surface area contributed by atoms with Crippen LogP contribution in [0.25, 0.3) is 0 Å². The number of benzene rings is 2. The molecule has 0 fully saturated rings. The van der Waals surface area contributed by atoms with Gasteiger partial charge in [-0.15, -0.1) is 0 Å². The molecule has 22 heavy (non-hydrogen) atoms. The van der Waals surface area contributed by atoms with Crippen LogP contribution in [0.5, 0.6) is 5.75 Å². The normalized spacial score (nSPS) is 10.8. The van der Waals surface area contributed by atoms with Gasteiger partial charge in [-0.25, -0.2) is 4.39 Å². The predicted octanol–water partition coefficient (Wildman–Crippen LogP) is 3.04. The van der Waals surface area contributed by atoms with Crippen LogP contribution >= 0.6 is 15.9 Å². The predicted molar refractivity (Wildman–Crippen MR) is 78.5 cm³/mol. The molecular weight excluding hydrogens is 377 g/mol. The topological polar surface area (TPSA) is 84.2 Å². The molecular formula is C14H7BrFNO4S. The minimum atomic E-state index is -4.47. The summed E-state index contributed by atoms with van der Waals surface area (Å²) in [4.78, 5) is 10.2. The van der Waals surface area contributed by atoms with E-state index < -0.39 is 20.8 Å². The van der Waals surface area contributed by atoms with Gasteiger partial charge < -0.3 is 4.18 Å². The van der Waals surface area contributed by atoms with Gasteiger partial charge in [-0.3, -0.25) is 4.79 Å². The Morgan fingerprint density at radius 2 is 1.95 bits per heavy atom. The van der Waals surface area contributed by atoms with E-state index in [2.05, 4.69) is 15.9 Å². The first-order valence-electron chi connectivity index (χ1n) is 5.76. The van der Waals surface area contributed by atoms with E-state index in [1.807, 2.05) is 0 Å². The van der Waals surface area contributed by atoms with Crippen molar-refractivity contribution in [3.8, 4) is 11.8 Å². The fourth-order valence-electron chi connectivity index (χ4n) is 1.62. The smallest absolute Gasteiger partial charge is 0.342 e. The van der Waals surface area contributed by atoms with Crippen LogP contribution in [-0.4, -0.2) is 14.7 Å². The van der Waals surface area contributed by atoms with Crippen LogP contribution in [0.15, 0.2) is 45.8 Å². The van der Waals surface area contributed by atoms with Gasteiger partial charge >= 0.3 is 10.1 Å². The highest BCUT2D eigenvalue weighted by atomic mass is 79.9. The molecule has 0 aliphatic heterocycles. The summed E-state index contributed by atoms with van der Waals surface area (Å²) < 4.78 is 43.4. The highest BCUT2D eigenvalue weighted by Gasteiger charge is 2.23. The Balaban J connectivity index is 2.45. The molecule has 0 amide bonds. The minimum absolute atomic E-state index is 0.00740. The molecule has 0 saturated carbocycles. The van der Waals surface area contributed by atoms with Gasteiger partial charge in [0.1, 0.15) is 10.7 Å². The van der Waals surface area contributed by atoms with Crippen molar-refractivity contribution < 1.29 is 21.8 Å². The van der Waals surface area contributed by atoms with Crippen LogP contribution in [0.2, 0.25) is 0 Å². The minimum Gasteiger partial charge on any atom is -0.378 e. The molecule has 0 heterocycles. The maximum absolute atomic E-state index is 13.8. The molecule has 0 atom stereocenters. The first kappa shape index (κ1) is 16.1. The van der Waals surface area contributed by atoms with E-state index in [9.17, 15) is 17.6 Å². The Morgan fingerprint density at radius 1 is 1.23 bits per heavy atom. The molecule has 2 aromatic rings. The average molecular weight is 384 g/mol. The molecule has 0 aromatic heterocycles. The third kappa shape index (κ3) is 3.32. The third-order valence-electron chi connectivity index (χ3n) is 2.63. The molecule has 112 valence electrons. The highest BCUT2D eigenvalue weighted by Crippen LogP contribution is 2.26. The van der Waals surface area contributed by atoms with Crippen molar-refractivity contribution in [2.45, 2.75) is 4.90 Å². The number of nitriles is 1. The fourth-order valence-corrected chi connectivity index (χ4v) is 3.01. The summed E-state index contributed by atoms with van der Waals surface area (Å²) in [5, 5.41) is 8.64. The molecule has 0 spiro atoms. The molecule has 0 N–H and O–H groups in total. The van der Waals surface area contributed by atoms with Crippen LogP contribution in [0.1, 0.15) is 15.9 Å².